The summed E-state index contributed by atoms with van der Waals surface area (Å²) in [6.45, 7) is 4.58. The van der Waals surface area contributed by atoms with Gasteiger partial charge in [0.25, 0.3) is 0 Å². The first-order chi connectivity index (χ1) is 8.12. The van der Waals surface area contributed by atoms with Gasteiger partial charge < -0.3 is 15.3 Å². The van der Waals surface area contributed by atoms with Crippen LogP contribution in [0.5, 0.6) is 0 Å². The van der Waals surface area contributed by atoms with Crippen LogP contribution in [0.25, 0.3) is 0 Å². The normalized spacial score (nSPS) is 29.8. The summed E-state index contributed by atoms with van der Waals surface area (Å²) in [7, 11) is 4.18. The molecule has 1 aliphatic rings. The first-order valence-corrected chi connectivity index (χ1v) is 7.12. The van der Waals surface area contributed by atoms with Gasteiger partial charge in [0.15, 0.2) is 0 Å². The number of rotatable bonds is 7. The highest BCUT2D eigenvalue weighted by atomic mass is 16.3. The van der Waals surface area contributed by atoms with Gasteiger partial charge in [-0.1, -0.05) is 19.8 Å². The fourth-order valence-corrected chi connectivity index (χ4v) is 2.86. The quantitative estimate of drug-likeness (QED) is 0.715. The van der Waals surface area contributed by atoms with E-state index in [0.29, 0.717) is 6.61 Å². The Labute approximate surface area is 107 Å². The van der Waals surface area contributed by atoms with E-state index in [2.05, 4.69) is 31.2 Å². The van der Waals surface area contributed by atoms with E-state index in [4.69, 9.17) is 0 Å². The lowest BCUT2D eigenvalue weighted by Gasteiger charge is -2.40. The number of aliphatic hydroxyl groups excluding tert-OH is 1. The number of likely N-dealkylation sites (N-methyl/N-ethyl adjacent to an activating group) is 1. The monoisotopic (exact) mass is 242 g/mol. The van der Waals surface area contributed by atoms with E-state index < -0.39 is 0 Å². The maximum atomic E-state index is 9.65. The summed E-state index contributed by atoms with van der Waals surface area (Å²) >= 11 is 0. The number of aliphatic hydroxyl groups is 1. The van der Waals surface area contributed by atoms with E-state index in [0.717, 1.165) is 31.8 Å². The summed E-state index contributed by atoms with van der Waals surface area (Å²) in [6.07, 6.45) is 7.50. The summed E-state index contributed by atoms with van der Waals surface area (Å²) in [5.41, 5.74) is 0.0141. The molecule has 1 saturated carbocycles. The molecule has 3 heteroatoms. The van der Waals surface area contributed by atoms with Crippen LogP contribution in [0.4, 0.5) is 0 Å². The lowest BCUT2D eigenvalue weighted by molar-refractivity contribution is 0.0984. The van der Waals surface area contributed by atoms with Crippen LogP contribution in [-0.2, 0) is 0 Å². The van der Waals surface area contributed by atoms with E-state index in [-0.39, 0.29) is 5.54 Å². The van der Waals surface area contributed by atoms with Crippen LogP contribution in [0, 0.1) is 5.92 Å². The fourth-order valence-electron chi connectivity index (χ4n) is 2.86. The zero-order valence-electron chi connectivity index (χ0n) is 11.8. The Morgan fingerprint density at radius 3 is 2.41 bits per heavy atom. The smallest absolute Gasteiger partial charge is 0.0613 e. The Morgan fingerprint density at radius 2 is 1.94 bits per heavy atom. The zero-order valence-corrected chi connectivity index (χ0v) is 11.8. The van der Waals surface area contributed by atoms with Crippen molar-refractivity contribution in [1.29, 1.82) is 0 Å². The second kappa shape index (κ2) is 7.34. The standard InChI is InChI=1S/C14H30N2O/c1-4-5-13-6-8-14(12-17,9-7-13)15-10-11-16(2)3/h13,15,17H,4-12H2,1-3H3. The largest absolute Gasteiger partial charge is 0.394 e. The lowest BCUT2D eigenvalue weighted by atomic mass is 9.75. The maximum absolute atomic E-state index is 9.65. The van der Waals surface area contributed by atoms with Crippen LogP contribution < -0.4 is 5.32 Å². The Morgan fingerprint density at radius 1 is 1.29 bits per heavy atom. The van der Waals surface area contributed by atoms with Crippen molar-refractivity contribution in [1.82, 2.24) is 10.2 Å². The molecule has 3 nitrogen and oxygen atoms in total. The molecule has 1 aliphatic carbocycles. The topological polar surface area (TPSA) is 35.5 Å². The number of hydrogen-bond acceptors (Lipinski definition) is 3. The van der Waals surface area contributed by atoms with Crippen molar-refractivity contribution in [2.24, 2.45) is 5.92 Å². The molecule has 1 fully saturated rings. The van der Waals surface area contributed by atoms with E-state index in [9.17, 15) is 5.11 Å². The van der Waals surface area contributed by atoms with Gasteiger partial charge in [0.1, 0.15) is 0 Å². The van der Waals surface area contributed by atoms with Gasteiger partial charge in [-0.2, -0.15) is 0 Å². The first-order valence-electron chi connectivity index (χ1n) is 7.12. The van der Waals surface area contributed by atoms with Gasteiger partial charge in [-0.25, -0.2) is 0 Å². The molecule has 0 aromatic rings. The molecular weight excluding hydrogens is 212 g/mol. The average molecular weight is 242 g/mol. The number of nitrogens with one attached hydrogen (secondary N) is 1. The van der Waals surface area contributed by atoms with Crippen molar-refractivity contribution < 1.29 is 5.11 Å². The minimum atomic E-state index is 0.0141. The molecule has 17 heavy (non-hydrogen) atoms. The fraction of sp³-hybridized carbons (Fsp3) is 1.00. The zero-order chi connectivity index (χ0) is 12.7. The Kier molecular flexibility index (Phi) is 6.45. The highest BCUT2D eigenvalue weighted by molar-refractivity contribution is 4.92. The predicted molar refractivity (Wildman–Crippen MR) is 73.2 cm³/mol. The molecule has 0 saturated heterocycles. The molecule has 1 rings (SSSR count). The molecule has 2 N–H and O–H groups in total. The lowest BCUT2D eigenvalue weighted by Crippen LogP contribution is -2.52. The molecule has 0 unspecified atom stereocenters. The van der Waals surface area contributed by atoms with E-state index in [1.165, 1.54) is 25.7 Å². The van der Waals surface area contributed by atoms with Crippen molar-refractivity contribution in [3.05, 3.63) is 0 Å². The van der Waals surface area contributed by atoms with E-state index in [1.807, 2.05) is 0 Å². The summed E-state index contributed by atoms with van der Waals surface area (Å²) in [6, 6.07) is 0. The highest BCUT2D eigenvalue weighted by Gasteiger charge is 2.33. The van der Waals surface area contributed by atoms with Gasteiger partial charge in [0.05, 0.1) is 6.61 Å². The molecule has 0 aliphatic heterocycles. The minimum absolute atomic E-state index is 0.0141. The van der Waals surface area contributed by atoms with Gasteiger partial charge >= 0.3 is 0 Å². The third-order valence-electron chi connectivity index (χ3n) is 4.12. The van der Waals surface area contributed by atoms with Gasteiger partial charge in [-0.15, -0.1) is 0 Å². The van der Waals surface area contributed by atoms with Gasteiger partial charge in [0, 0.05) is 18.6 Å². The Balaban J connectivity index is 2.33. The van der Waals surface area contributed by atoms with Gasteiger partial charge in [-0.05, 0) is 45.7 Å². The summed E-state index contributed by atoms with van der Waals surface area (Å²) in [5, 5.41) is 13.2. The van der Waals surface area contributed by atoms with Crippen LogP contribution in [-0.4, -0.2) is 49.3 Å². The van der Waals surface area contributed by atoms with Crippen LogP contribution in [0.1, 0.15) is 45.4 Å². The predicted octanol–water partition coefficient (Wildman–Crippen LogP) is 1.86. The van der Waals surface area contributed by atoms with Crippen LogP contribution in [0.15, 0.2) is 0 Å². The van der Waals surface area contributed by atoms with Crippen molar-refractivity contribution >= 4 is 0 Å². The molecule has 0 aromatic carbocycles. The molecule has 0 heterocycles. The van der Waals surface area contributed by atoms with Crippen molar-refractivity contribution in [3.63, 3.8) is 0 Å². The second-order valence-corrected chi connectivity index (χ2v) is 5.90. The van der Waals surface area contributed by atoms with E-state index in [1.54, 1.807) is 0 Å². The van der Waals surface area contributed by atoms with Crippen molar-refractivity contribution in [3.8, 4) is 0 Å². The van der Waals surface area contributed by atoms with Crippen molar-refractivity contribution in [2.75, 3.05) is 33.8 Å². The Bertz CT molecular complexity index is 198. The maximum Gasteiger partial charge on any atom is 0.0613 e. The number of hydrogen-bond donors (Lipinski definition) is 2. The Hall–Kier alpha value is -0.120. The SMILES string of the molecule is CCCC1CCC(CO)(NCCN(C)C)CC1. The van der Waals surface area contributed by atoms with Crippen LogP contribution >= 0.6 is 0 Å². The van der Waals surface area contributed by atoms with Crippen LogP contribution in [0.3, 0.4) is 0 Å². The van der Waals surface area contributed by atoms with Crippen LogP contribution in [0.2, 0.25) is 0 Å². The first kappa shape index (κ1) is 14.9. The third-order valence-corrected chi connectivity index (χ3v) is 4.12. The molecule has 0 bridgehead atoms. The molecular formula is C14H30N2O. The molecule has 0 amide bonds. The molecule has 0 radical (unpaired) electrons. The minimum Gasteiger partial charge on any atom is -0.394 e. The van der Waals surface area contributed by atoms with E-state index >= 15 is 0 Å². The summed E-state index contributed by atoms with van der Waals surface area (Å²) in [5.74, 6) is 0.898. The summed E-state index contributed by atoms with van der Waals surface area (Å²) < 4.78 is 0. The third kappa shape index (κ3) is 4.94. The average Bonchev–Trinajstić information content (AvgIpc) is 2.31. The number of nitrogens with zero attached hydrogens (tertiary/aromatic N) is 1. The molecule has 0 aromatic heterocycles. The van der Waals surface area contributed by atoms with Crippen molar-refractivity contribution in [2.45, 2.75) is 51.0 Å². The molecule has 102 valence electrons. The molecule has 0 spiro atoms. The molecule has 0 atom stereocenters. The van der Waals surface area contributed by atoms with Gasteiger partial charge in [-0.3, -0.25) is 0 Å². The highest BCUT2D eigenvalue weighted by Crippen LogP contribution is 2.34. The summed E-state index contributed by atoms with van der Waals surface area (Å²) in [4.78, 5) is 2.18. The second-order valence-electron chi connectivity index (χ2n) is 5.90. The van der Waals surface area contributed by atoms with Gasteiger partial charge in [0.2, 0.25) is 0 Å².